The highest BCUT2D eigenvalue weighted by atomic mass is 32.1. The lowest BCUT2D eigenvalue weighted by Gasteiger charge is -2.28. The number of hydrazone groups is 1. The van der Waals surface area contributed by atoms with Crippen molar-refractivity contribution < 1.29 is 14.4 Å². The number of carbonyl (C=O) groups excluding carboxylic acids is 3. The van der Waals surface area contributed by atoms with E-state index < -0.39 is 0 Å². The second kappa shape index (κ2) is 6.73. The van der Waals surface area contributed by atoms with Gasteiger partial charge in [0.1, 0.15) is 12.2 Å². The van der Waals surface area contributed by atoms with Crippen molar-refractivity contribution in [3.05, 3.63) is 23.2 Å². The molecule has 4 heterocycles. The Bertz CT molecular complexity index is 997. The largest absolute Gasteiger partial charge is 0.353 e. The molecule has 1 N–H and O–H groups in total. The van der Waals surface area contributed by atoms with Crippen LogP contribution in [0.3, 0.4) is 0 Å². The average Bonchev–Trinajstić information content (AvgIpc) is 3.17. The van der Waals surface area contributed by atoms with Crippen LogP contribution in [0, 0.1) is 5.41 Å². The zero-order valence-electron chi connectivity index (χ0n) is 16.2. The highest BCUT2D eigenvalue weighted by molar-refractivity contribution is 7.17. The second-order valence-corrected chi connectivity index (χ2v) is 9.06. The van der Waals surface area contributed by atoms with Crippen LogP contribution in [0.5, 0.6) is 0 Å². The molecule has 2 aromatic heterocycles. The molecule has 1 saturated heterocycles. The van der Waals surface area contributed by atoms with Crippen molar-refractivity contribution in [1.82, 2.24) is 19.8 Å². The molecule has 0 bridgehead atoms. The molecule has 0 aliphatic carbocycles. The quantitative estimate of drug-likeness (QED) is 0.828. The van der Waals surface area contributed by atoms with E-state index in [1.54, 1.807) is 11.3 Å². The summed E-state index contributed by atoms with van der Waals surface area (Å²) in [6, 6.07) is 3.87. The van der Waals surface area contributed by atoms with Crippen LogP contribution in [-0.2, 0) is 16.1 Å². The number of amides is 3. The monoisotopic (exact) mass is 401 g/mol. The maximum absolute atomic E-state index is 13.2. The SMILES string of the molecule is CC(C)(C)C1=NN(CC(=O)N2CCNC(=O)C2)C(=O)c2cc3sccc3n2C1. The van der Waals surface area contributed by atoms with Crippen molar-refractivity contribution in [2.24, 2.45) is 10.5 Å². The molecule has 0 saturated carbocycles. The first-order valence-corrected chi connectivity index (χ1v) is 10.1. The molecular formula is C19H23N5O3S. The van der Waals surface area contributed by atoms with Crippen LogP contribution in [0.4, 0.5) is 0 Å². The lowest BCUT2D eigenvalue weighted by atomic mass is 9.90. The van der Waals surface area contributed by atoms with Crippen molar-refractivity contribution in [3.8, 4) is 0 Å². The minimum absolute atomic E-state index is 0.0167. The van der Waals surface area contributed by atoms with E-state index in [0.717, 1.165) is 15.9 Å². The molecule has 8 nitrogen and oxygen atoms in total. The summed E-state index contributed by atoms with van der Waals surface area (Å²) in [6.07, 6.45) is 0. The molecule has 2 aliphatic heterocycles. The number of thiophene rings is 1. The molecule has 0 spiro atoms. The molecule has 9 heteroatoms. The minimum Gasteiger partial charge on any atom is -0.353 e. The Hall–Kier alpha value is -2.68. The summed E-state index contributed by atoms with van der Waals surface area (Å²) in [6.45, 7) is 7.34. The summed E-state index contributed by atoms with van der Waals surface area (Å²) in [4.78, 5) is 39.0. The standard InChI is InChI=1S/C19H23N5O3S/c1-19(2,3)15-9-23-12-4-7-28-14(12)8-13(23)18(27)24(21-15)11-17(26)22-6-5-20-16(25)10-22/h4,7-8H,5-6,9-11H2,1-3H3,(H,20,25). The third kappa shape index (κ3) is 3.30. The van der Waals surface area contributed by atoms with Crippen LogP contribution in [0.25, 0.3) is 10.2 Å². The molecule has 2 aliphatic rings. The van der Waals surface area contributed by atoms with Gasteiger partial charge in [0.25, 0.3) is 5.91 Å². The number of aromatic nitrogens is 1. The van der Waals surface area contributed by atoms with E-state index >= 15 is 0 Å². The maximum Gasteiger partial charge on any atom is 0.291 e. The predicted molar refractivity (Wildman–Crippen MR) is 107 cm³/mol. The van der Waals surface area contributed by atoms with Gasteiger partial charge in [-0.15, -0.1) is 11.3 Å². The maximum atomic E-state index is 13.2. The van der Waals surface area contributed by atoms with E-state index in [9.17, 15) is 14.4 Å². The van der Waals surface area contributed by atoms with Gasteiger partial charge in [-0.05, 0) is 17.5 Å². The van der Waals surface area contributed by atoms with E-state index in [1.165, 1.54) is 9.91 Å². The molecule has 1 fully saturated rings. The van der Waals surface area contributed by atoms with Crippen LogP contribution in [0.15, 0.2) is 22.6 Å². The molecule has 2 aromatic rings. The smallest absolute Gasteiger partial charge is 0.291 e. The Labute approximate surface area is 166 Å². The van der Waals surface area contributed by atoms with Gasteiger partial charge in [-0.3, -0.25) is 14.4 Å². The fraction of sp³-hybridized carbons (Fsp3) is 0.474. The zero-order valence-corrected chi connectivity index (χ0v) is 17.0. The van der Waals surface area contributed by atoms with Crippen molar-refractivity contribution in [3.63, 3.8) is 0 Å². The Morgan fingerprint density at radius 2 is 2.07 bits per heavy atom. The van der Waals surface area contributed by atoms with Crippen molar-refractivity contribution in [2.45, 2.75) is 27.3 Å². The highest BCUT2D eigenvalue weighted by Crippen LogP contribution is 2.30. The first-order valence-electron chi connectivity index (χ1n) is 9.25. The fourth-order valence-electron chi connectivity index (χ4n) is 3.40. The van der Waals surface area contributed by atoms with Crippen LogP contribution in [0.2, 0.25) is 0 Å². The molecule has 0 radical (unpaired) electrons. The van der Waals surface area contributed by atoms with Gasteiger partial charge >= 0.3 is 0 Å². The van der Waals surface area contributed by atoms with E-state index in [1.807, 2.05) is 42.9 Å². The summed E-state index contributed by atoms with van der Waals surface area (Å²) in [5.74, 6) is -0.755. The zero-order chi connectivity index (χ0) is 20.1. The normalized spacial score (nSPS) is 18.0. The lowest BCUT2D eigenvalue weighted by molar-refractivity contribution is -0.138. The lowest BCUT2D eigenvalue weighted by Crippen LogP contribution is -2.52. The van der Waals surface area contributed by atoms with Crippen molar-refractivity contribution in [2.75, 3.05) is 26.2 Å². The van der Waals surface area contributed by atoms with Crippen LogP contribution >= 0.6 is 11.3 Å². The number of carbonyl (C=O) groups is 3. The number of hydrogen-bond donors (Lipinski definition) is 1. The number of piperazine rings is 1. The first-order chi connectivity index (χ1) is 13.2. The molecule has 0 atom stereocenters. The van der Waals surface area contributed by atoms with Gasteiger partial charge in [-0.25, -0.2) is 5.01 Å². The fourth-order valence-corrected chi connectivity index (χ4v) is 4.23. The van der Waals surface area contributed by atoms with Gasteiger partial charge < -0.3 is 14.8 Å². The van der Waals surface area contributed by atoms with Crippen molar-refractivity contribution in [1.29, 1.82) is 0 Å². The minimum atomic E-state index is -0.294. The van der Waals surface area contributed by atoms with Crippen LogP contribution < -0.4 is 5.32 Å². The predicted octanol–water partition coefficient (Wildman–Crippen LogP) is 1.52. The van der Waals surface area contributed by atoms with E-state index in [-0.39, 0.29) is 36.2 Å². The summed E-state index contributed by atoms with van der Waals surface area (Å²) in [7, 11) is 0. The molecule has 148 valence electrons. The number of rotatable bonds is 2. The van der Waals surface area contributed by atoms with E-state index in [4.69, 9.17) is 0 Å². The van der Waals surface area contributed by atoms with Crippen LogP contribution in [0.1, 0.15) is 31.3 Å². The topological polar surface area (TPSA) is 87.0 Å². The molecule has 0 aromatic carbocycles. The number of fused-ring (bicyclic) bond motifs is 3. The Balaban J connectivity index is 1.69. The summed E-state index contributed by atoms with van der Waals surface area (Å²) in [5.41, 5.74) is 2.11. The molecule has 0 unspecified atom stereocenters. The van der Waals surface area contributed by atoms with E-state index in [0.29, 0.717) is 25.3 Å². The molecule has 28 heavy (non-hydrogen) atoms. The molecule has 3 amide bonds. The second-order valence-electron chi connectivity index (χ2n) is 8.11. The molecule has 4 rings (SSSR count). The Morgan fingerprint density at radius 3 is 2.79 bits per heavy atom. The van der Waals surface area contributed by atoms with Gasteiger partial charge in [0.2, 0.25) is 11.8 Å². The highest BCUT2D eigenvalue weighted by Gasteiger charge is 2.33. The van der Waals surface area contributed by atoms with Crippen molar-refractivity contribution >= 4 is 45.0 Å². The van der Waals surface area contributed by atoms with E-state index in [2.05, 4.69) is 10.4 Å². The van der Waals surface area contributed by atoms with Gasteiger partial charge in [-0.1, -0.05) is 20.8 Å². The summed E-state index contributed by atoms with van der Waals surface area (Å²) < 4.78 is 3.02. The number of nitrogens with zero attached hydrogens (tertiary/aromatic N) is 4. The third-order valence-electron chi connectivity index (χ3n) is 5.07. The van der Waals surface area contributed by atoms with Gasteiger partial charge in [-0.2, -0.15) is 5.10 Å². The summed E-state index contributed by atoms with van der Waals surface area (Å²) >= 11 is 1.59. The number of nitrogens with one attached hydrogen (secondary N) is 1. The average molecular weight is 401 g/mol. The number of hydrogen-bond acceptors (Lipinski definition) is 5. The van der Waals surface area contributed by atoms with Crippen LogP contribution in [-0.4, -0.2) is 64.1 Å². The molecular weight excluding hydrogens is 378 g/mol. The Kier molecular flexibility index (Phi) is 4.49. The first kappa shape index (κ1) is 18.7. The third-order valence-corrected chi connectivity index (χ3v) is 5.92. The van der Waals surface area contributed by atoms with Gasteiger partial charge in [0.05, 0.1) is 29.0 Å². The summed E-state index contributed by atoms with van der Waals surface area (Å²) in [5, 5.41) is 10.6. The van der Waals surface area contributed by atoms with Gasteiger partial charge in [0.15, 0.2) is 0 Å². The Morgan fingerprint density at radius 1 is 1.29 bits per heavy atom. The van der Waals surface area contributed by atoms with Gasteiger partial charge in [0, 0.05) is 18.5 Å².